The molecule has 0 aromatic heterocycles. The van der Waals surface area contributed by atoms with Crippen molar-refractivity contribution in [2.75, 3.05) is 40.3 Å². The lowest BCUT2D eigenvalue weighted by Gasteiger charge is -2.32. The van der Waals surface area contributed by atoms with Gasteiger partial charge in [0.25, 0.3) is 0 Å². The highest BCUT2D eigenvalue weighted by Crippen LogP contribution is 2.26. The fourth-order valence-electron chi connectivity index (χ4n) is 3.31. The van der Waals surface area contributed by atoms with Gasteiger partial charge in [0.15, 0.2) is 0 Å². The van der Waals surface area contributed by atoms with Crippen LogP contribution in [0.3, 0.4) is 0 Å². The van der Waals surface area contributed by atoms with Gasteiger partial charge in [0.1, 0.15) is 0 Å². The van der Waals surface area contributed by atoms with Crippen molar-refractivity contribution in [3.05, 3.63) is 24.3 Å². The number of benzene rings is 1. The second kappa shape index (κ2) is 8.98. The highest BCUT2D eigenvalue weighted by Gasteiger charge is 2.37. The zero-order valence-electron chi connectivity index (χ0n) is 17.1. The first kappa shape index (κ1) is 24.2. The van der Waals surface area contributed by atoms with Gasteiger partial charge >= 0.3 is 0 Å². The summed E-state index contributed by atoms with van der Waals surface area (Å²) in [6.45, 7) is 4.19. The van der Waals surface area contributed by atoms with Crippen LogP contribution in [0.5, 0.6) is 0 Å². The van der Waals surface area contributed by atoms with Crippen molar-refractivity contribution in [3.63, 3.8) is 0 Å². The summed E-state index contributed by atoms with van der Waals surface area (Å²) in [6.07, 6.45) is 0.832. The van der Waals surface area contributed by atoms with Crippen molar-refractivity contribution in [3.8, 4) is 0 Å². The molecule has 1 aliphatic rings. The lowest BCUT2D eigenvalue weighted by molar-refractivity contribution is 0.339. The molecule has 0 aliphatic carbocycles. The summed E-state index contributed by atoms with van der Waals surface area (Å²) >= 11 is 0. The minimum atomic E-state index is -3.93. The zero-order valence-corrected chi connectivity index (χ0v) is 19.6. The molecule has 1 aromatic rings. The van der Waals surface area contributed by atoms with E-state index in [0.29, 0.717) is 25.9 Å². The summed E-state index contributed by atoms with van der Waals surface area (Å²) in [5.41, 5.74) is 0. The molecule has 0 amide bonds. The van der Waals surface area contributed by atoms with Gasteiger partial charge in [-0.2, -0.15) is 8.61 Å². The second-order valence-corrected chi connectivity index (χ2v) is 13.3. The van der Waals surface area contributed by atoms with E-state index in [4.69, 9.17) is 0 Å². The highest BCUT2D eigenvalue weighted by molar-refractivity contribution is 7.90. The molecule has 1 heterocycles. The third-order valence-corrected chi connectivity index (χ3v) is 11.3. The van der Waals surface area contributed by atoms with Crippen LogP contribution in [-0.4, -0.2) is 83.7 Å². The Hall–Kier alpha value is -1.05. The number of rotatable bonds is 8. The lowest BCUT2D eigenvalue weighted by Crippen LogP contribution is -2.47. The minimum absolute atomic E-state index is 0.0202. The molecular formula is C17H29N3O6S3. The second-order valence-electron chi connectivity index (χ2n) is 7.02. The van der Waals surface area contributed by atoms with Crippen molar-refractivity contribution < 1.29 is 25.3 Å². The van der Waals surface area contributed by atoms with Crippen LogP contribution in [0.2, 0.25) is 0 Å². The largest absolute Gasteiger partial charge is 0.243 e. The van der Waals surface area contributed by atoms with E-state index in [2.05, 4.69) is 0 Å². The third kappa shape index (κ3) is 4.83. The maximum Gasteiger partial charge on any atom is 0.243 e. The summed E-state index contributed by atoms with van der Waals surface area (Å²) < 4.78 is 79.5. The van der Waals surface area contributed by atoms with E-state index in [1.54, 1.807) is 13.8 Å². The van der Waals surface area contributed by atoms with Crippen molar-refractivity contribution in [1.29, 1.82) is 0 Å². The molecule has 0 bridgehead atoms. The average Bonchev–Trinajstić information content (AvgIpc) is 2.68. The molecule has 166 valence electrons. The molecule has 1 saturated heterocycles. The summed E-state index contributed by atoms with van der Waals surface area (Å²) in [7, 11) is -8.34. The summed E-state index contributed by atoms with van der Waals surface area (Å²) in [5.74, 6) is 0. The average molecular weight is 468 g/mol. The highest BCUT2D eigenvalue weighted by atomic mass is 32.2. The maximum absolute atomic E-state index is 13.0. The van der Waals surface area contributed by atoms with Gasteiger partial charge in [-0.25, -0.2) is 29.6 Å². The molecule has 12 heteroatoms. The summed E-state index contributed by atoms with van der Waals surface area (Å²) in [4.78, 5) is -0.0363. The van der Waals surface area contributed by atoms with Crippen molar-refractivity contribution in [2.24, 2.45) is 0 Å². The van der Waals surface area contributed by atoms with E-state index in [9.17, 15) is 25.3 Å². The van der Waals surface area contributed by atoms with Crippen LogP contribution >= 0.6 is 0 Å². The first-order chi connectivity index (χ1) is 13.4. The Bertz CT molecular complexity index is 1010. The Morgan fingerprint density at radius 2 is 1.45 bits per heavy atom. The summed E-state index contributed by atoms with van der Waals surface area (Å²) in [5, 5.41) is -0.802. The predicted octanol–water partition coefficient (Wildman–Crippen LogP) is 0.762. The van der Waals surface area contributed by atoms with Gasteiger partial charge in [-0.05, 0) is 37.1 Å². The fourth-order valence-corrected chi connectivity index (χ4v) is 7.82. The smallest absolute Gasteiger partial charge is 0.212 e. The monoisotopic (exact) mass is 467 g/mol. The van der Waals surface area contributed by atoms with Crippen LogP contribution in [0.15, 0.2) is 34.1 Å². The molecule has 1 aromatic carbocycles. The SMILES string of the molecule is CCN(CC)S(=O)(=O)c1ccc(S(=O)(=O)N2CCCC(S(=O)(=O)N(C)C)C2)cc1. The zero-order chi connectivity index (χ0) is 22.0. The number of hydrogen-bond donors (Lipinski definition) is 0. The van der Waals surface area contributed by atoms with E-state index in [0.717, 1.165) is 8.61 Å². The van der Waals surface area contributed by atoms with E-state index < -0.39 is 35.3 Å². The molecule has 0 radical (unpaired) electrons. The van der Waals surface area contributed by atoms with E-state index in [1.165, 1.54) is 42.7 Å². The van der Waals surface area contributed by atoms with Gasteiger partial charge in [-0.15, -0.1) is 0 Å². The van der Waals surface area contributed by atoms with Crippen LogP contribution in [-0.2, 0) is 30.1 Å². The first-order valence-corrected chi connectivity index (χ1v) is 13.8. The lowest BCUT2D eigenvalue weighted by atomic mass is 10.2. The van der Waals surface area contributed by atoms with E-state index in [-0.39, 0.29) is 22.9 Å². The van der Waals surface area contributed by atoms with E-state index in [1.807, 2.05) is 0 Å². The summed E-state index contributed by atoms with van der Waals surface area (Å²) in [6, 6.07) is 5.07. The van der Waals surface area contributed by atoms with Crippen LogP contribution < -0.4 is 0 Å². The Morgan fingerprint density at radius 3 is 1.93 bits per heavy atom. The number of nitrogens with zero attached hydrogens (tertiary/aromatic N) is 3. The van der Waals surface area contributed by atoms with Gasteiger partial charge < -0.3 is 0 Å². The Kier molecular flexibility index (Phi) is 7.50. The Balaban J connectivity index is 2.30. The standard InChI is InChI=1S/C17H29N3O6S3/c1-5-19(6-2)28(23,24)15-9-11-16(12-10-15)29(25,26)20-13-7-8-17(14-20)27(21,22)18(3)4/h9-12,17H,5-8,13-14H2,1-4H3. The number of piperidine rings is 1. The van der Waals surface area contributed by atoms with Gasteiger partial charge in [-0.3, -0.25) is 0 Å². The molecule has 1 fully saturated rings. The topological polar surface area (TPSA) is 112 Å². The quantitative estimate of drug-likeness (QED) is 0.558. The van der Waals surface area contributed by atoms with Crippen molar-refractivity contribution >= 4 is 30.1 Å². The molecule has 1 atom stereocenters. The molecule has 1 unspecified atom stereocenters. The molecular weight excluding hydrogens is 438 g/mol. The van der Waals surface area contributed by atoms with Crippen LogP contribution in [0, 0.1) is 0 Å². The van der Waals surface area contributed by atoms with Crippen LogP contribution in [0.1, 0.15) is 26.7 Å². The number of hydrogen-bond acceptors (Lipinski definition) is 6. The van der Waals surface area contributed by atoms with Gasteiger partial charge in [-0.1, -0.05) is 13.8 Å². The van der Waals surface area contributed by atoms with E-state index >= 15 is 0 Å². The molecule has 29 heavy (non-hydrogen) atoms. The molecule has 1 aliphatic heterocycles. The molecule has 0 N–H and O–H groups in total. The normalized spacial score (nSPS) is 19.7. The Morgan fingerprint density at radius 1 is 0.931 bits per heavy atom. The van der Waals surface area contributed by atoms with Crippen LogP contribution in [0.25, 0.3) is 0 Å². The minimum Gasteiger partial charge on any atom is -0.212 e. The molecule has 0 saturated carbocycles. The molecule has 9 nitrogen and oxygen atoms in total. The predicted molar refractivity (Wildman–Crippen MR) is 111 cm³/mol. The molecule has 2 rings (SSSR count). The fraction of sp³-hybridized carbons (Fsp3) is 0.647. The first-order valence-electron chi connectivity index (χ1n) is 9.40. The van der Waals surface area contributed by atoms with Gasteiger partial charge in [0.2, 0.25) is 30.1 Å². The maximum atomic E-state index is 13.0. The third-order valence-electron chi connectivity index (χ3n) is 5.08. The van der Waals surface area contributed by atoms with Crippen molar-refractivity contribution in [2.45, 2.75) is 41.7 Å². The van der Waals surface area contributed by atoms with Gasteiger partial charge in [0.05, 0.1) is 15.0 Å². The van der Waals surface area contributed by atoms with Gasteiger partial charge in [0, 0.05) is 40.3 Å². The Labute approximate surface area is 174 Å². The van der Waals surface area contributed by atoms with Crippen molar-refractivity contribution in [1.82, 2.24) is 12.9 Å². The molecule has 0 spiro atoms. The number of sulfonamides is 3. The van der Waals surface area contributed by atoms with Crippen LogP contribution in [0.4, 0.5) is 0 Å².